The fraction of sp³-hybridized carbons (Fsp3) is 0.636. The Morgan fingerprint density at radius 2 is 2.44 bits per heavy atom. The van der Waals surface area contributed by atoms with Gasteiger partial charge in [0, 0.05) is 19.7 Å². The maximum absolute atomic E-state index is 12.2. The SMILES string of the molecule is C[C@H]1OCCN[C@@H]1C(=O)N(C)Cc1ccon1.Cl. The first-order valence-corrected chi connectivity index (χ1v) is 5.67. The molecule has 1 saturated heterocycles. The lowest BCUT2D eigenvalue weighted by atomic mass is 10.1. The van der Waals surface area contributed by atoms with Gasteiger partial charge in [-0.05, 0) is 6.92 Å². The van der Waals surface area contributed by atoms with Gasteiger partial charge in [-0.2, -0.15) is 0 Å². The molecular formula is C11H18ClN3O3. The molecule has 2 rings (SSSR count). The minimum Gasteiger partial charge on any atom is -0.375 e. The monoisotopic (exact) mass is 275 g/mol. The van der Waals surface area contributed by atoms with E-state index in [4.69, 9.17) is 9.26 Å². The molecule has 7 heteroatoms. The summed E-state index contributed by atoms with van der Waals surface area (Å²) >= 11 is 0. The molecule has 1 amide bonds. The second kappa shape index (κ2) is 6.72. The molecule has 1 fully saturated rings. The van der Waals surface area contributed by atoms with Crippen LogP contribution >= 0.6 is 12.4 Å². The number of amides is 1. The molecular weight excluding hydrogens is 258 g/mol. The Balaban J connectivity index is 0.00000162. The van der Waals surface area contributed by atoms with Crippen molar-refractivity contribution in [2.75, 3.05) is 20.2 Å². The van der Waals surface area contributed by atoms with Crippen LogP contribution in [0.15, 0.2) is 16.9 Å². The number of hydrogen-bond acceptors (Lipinski definition) is 5. The number of likely N-dealkylation sites (N-methyl/N-ethyl adjacent to an activating group) is 1. The lowest BCUT2D eigenvalue weighted by Crippen LogP contribution is -2.55. The van der Waals surface area contributed by atoms with Crippen molar-refractivity contribution in [1.82, 2.24) is 15.4 Å². The maximum atomic E-state index is 12.2. The summed E-state index contributed by atoms with van der Waals surface area (Å²) < 4.78 is 10.2. The first-order valence-electron chi connectivity index (χ1n) is 5.67. The summed E-state index contributed by atoms with van der Waals surface area (Å²) in [5.74, 6) is 0.0141. The van der Waals surface area contributed by atoms with Crippen LogP contribution in [0.25, 0.3) is 0 Å². The van der Waals surface area contributed by atoms with E-state index in [2.05, 4.69) is 10.5 Å². The Labute approximate surface area is 112 Å². The summed E-state index contributed by atoms with van der Waals surface area (Å²) in [5.41, 5.74) is 0.741. The quantitative estimate of drug-likeness (QED) is 0.867. The predicted octanol–water partition coefficient (Wildman–Crippen LogP) is 0.432. The van der Waals surface area contributed by atoms with Crippen LogP contribution in [0.5, 0.6) is 0 Å². The van der Waals surface area contributed by atoms with Gasteiger partial charge in [0.25, 0.3) is 0 Å². The molecule has 1 aromatic rings. The molecule has 1 aromatic heterocycles. The van der Waals surface area contributed by atoms with E-state index in [-0.39, 0.29) is 30.5 Å². The van der Waals surface area contributed by atoms with Crippen molar-refractivity contribution in [1.29, 1.82) is 0 Å². The number of nitrogens with one attached hydrogen (secondary N) is 1. The second-order valence-corrected chi connectivity index (χ2v) is 4.19. The highest BCUT2D eigenvalue weighted by Crippen LogP contribution is 2.09. The molecule has 1 N–H and O–H groups in total. The number of carbonyl (C=O) groups excluding carboxylic acids is 1. The third-order valence-electron chi connectivity index (χ3n) is 2.85. The van der Waals surface area contributed by atoms with Gasteiger partial charge in [-0.3, -0.25) is 4.79 Å². The van der Waals surface area contributed by atoms with Crippen LogP contribution in [0.3, 0.4) is 0 Å². The van der Waals surface area contributed by atoms with Crippen molar-refractivity contribution >= 4 is 18.3 Å². The number of carbonyl (C=O) groups is 1. The molecule has 0 bridgehead atoms. The number of aromatic nitrogens is 1. The number of hydrogen-bond donors (Lipinski definition) is 1. The summed E-state index contributed by atoms with van der Waals surface area (Å²) in [4.78, 5) is 13.8. The van der Waals surface area contributed by atoms with E-state index in [1.807, 2.05) is 6.92 Å². The van der Waals surface area contributed by atoms with Gasteiger partial charge >= 0.3 is 0 Å². The minimum atomic E-state index is -0.277. The fourth-order valence-corrected chi connectivity index (χ4v) is 1.89. The van der Waals surface area contributed by atoms with Crippen LogP contribution in [0, 0.1) is 0 Å². The van der Waals surface area contributed by atoms with Gasteiger partial charge in [-0.15, -0.1) is 12.4 Å². The Bertz CT molecular complexity index is 372. The molecule has 1 aliphatic rings. The second-order valence-electron chi connectivity index (χ2n) is 4.19. The molecule has 0 unspecified atom stereocenters. The largest absolute Gasteiger partial charge is 0.375 e. The number of morpholine rings is 1. The highest BCUT2D eigenvalue weighted by atomic mass is 35.5. The number of halogens is 1. The highest BCUT2D eigenvalue weighted by Gasteiger charge is 2.30. The molecule has 18 heavy (non-hydrogen) atoms. The summed E-state index contributed by atoms with van der Waals surface area (Å²) in [5, 5.41) is 6.95. The summed E-state index contributed by atoms with van der Waals surface area (Å²) in [6, 6.07) is 1.47. The van der Waals surface area contributed by atoms with Crippen LogP contribution in [-0.2, 0) is 16.1 Å². The zero-order chi connectivity index (χ0) is 12.3. The van der Waals surface area contributed by atoms with Crippen molar-refractivity contribution in [3.8, 4) is 0 Å². The molecule has 2 atom stereocenters. The standard InChI is InChI=1S/C11H17N3O3.ClH/c1-8-10(12-4-6-16-8)11(15)14(2)7-9-3-5-17-13-9;/h3,5,8,10,12H,4,6-7H2,1-2H3;1H/t8-,10+;/m1./s1. The maximum Gasteiger partial charge on any atom is 0.242 e. The first-order chi connectivity index (χ1) is 8.18. The van der Waals surface area contributed by atoms with E-state index in [1.54, 1.807) is 18.0 Å². The zero-order valence-corrected chi connectivity index (χ0v) is 11.3. The smallest absolute Gasteiger partial charge is 0.242 e. The molecule has 0 aliphatic carbocycles. The van der Waals surface area contributed by atoms with E-state index < -0.39 is 0 Å². The van der Waals surface area contributed by atoms with Gasteiger partial charge in [-0.1, -0.05) is 5.16 Å². The topological polar surface area (TPSA) is 67.6 Å². The minimum absolute atomic E-state index is 0. The lowest BCUT2D eigenvalue weighted by molar-refractivity contribution is -0.138. The summed E-state index contributed by atoms with van der Waals surface area (Å²) in [6.07, 6.45) is 1.40. The third-order valence-corrected chi connectivity index (χ3v) is 2.85. The van der Waals surface area contributed by atoms with Gasteiger partial charge in [0.2, 0.25) is 5.91 Å². The predicted molar refractivity (Wildman–Crippen MR) is 67.4 cm³/mol. The highest BCUT2D eigenvalue weighted by molar-refractivity contribution is 5.85. The van der Waals surface area contributed by atoms with E-state index in [0.29, 0.717) is 19.7 Å². The van der Waals surface area contributed by atoms with E-state index in [1.165, 1.54) is 6.26 Å². The molecule has 6 nitrogen and oxygen atoms in total. The van der Waals surface area contributed by atoms with E-state index in [0.717, 1.165) is 5.69 Å². The average molecular weight is 276 g/mol. The van der Waals surface area contributed by atoms with Crippen molar-refractivity contribution in [3.05, 3.63) is 18.0 Å². The van der Waals surface area contributed by atoms with Crippen molar-refractivity contribution in [2.24, 2.45) is 0 Å². The number of rotatable bonds is 3. The summed E-state index contributed by atoms with van der Waals surface area (Å²) in [6.45, 7) is 3.70. The number of ether oxygens (including phenoxy) is 1. The van der Waals surface area contributed by atoms with Crippen molar-refractivity contribution in [3.63, 3.8) is 0 Å². The normalized spacial score (nSPS) is 23.2. The first kappa shape index (κ1) is 14.9. The van der Waals surface area contributed by atoms with Crippen LogP contribution in [0.1, 0.15) is 12.6 Å². The molecule has 0 spiro atoms. The van der Waals surface area contributed by atoms with Gasteiger partial charge in [0.05, 0.1) is 19.3 Å². The molecule has 102 valence electrons. The van der Waals surface area contributed by atoms with E-state index >= 15 is 0 Å². The molecule has 1 aliphatic heterocycles. The van der Waals surface area contributed by atoms with Gasteiger partial charge in [0.1, 0.15) is 18.0 Å². The van der Waals surface area contributed by atoms with E-state index in [9.17, 15) is 4.79 Å². The van der Waals surface area contributed by atoms with Crippen molar-refractivity contribution < 1.29 is 14.1 Å². The van der Waals surface area contributed by atoms with Crippen LogP contribution in [-0.4, -0.2) is 48.3 Å². The van der Waals surface area contributed by atoms with Crippen LogP contribution in [0.2, 0.25) is 0 Å². The molecule has 0 saturated carbocycles. The third kappa shape index (κ3) is 3.44. The zero-order valence-electron chi connectivity index (χ0n) is 10.5. The van der Waals surface area contributed by atoms with Crippen LogP contribution < -0.4 is 5.32 Å². The molecule has 2 heterocycles. The average Bonchev–Trinajstić information content (AvgIpc) is 2.81. The van der Waals surface area contributed by atoms with Gasteiger partial charge < -0.3 is 19.5 Å². The Hall–Kier alpha value is -1.11. The Morgan fingerprint density at radius 3 is 3.06 bits per heavy atom. The lowest BCUT2D eigenvalue weighted by Gasteiger charge is -2.32. The molecule has 0 aromatic carbocycles. The van der Waals surface area contributed by atoms with Gasteiger partial charge in [0.15, 0.2) is 0 Å². The van der Waals surface area contributed by atoms with Crippen LogP contribution in [0.4, 0.5) is 0 Å². The molecule has 0 radical (unpaired) electrons. The fourth-order valence-electron chi connectivity index (χ4n) is 1.89. The van der Waals surface area contributed by atoms with Gasteiger partial charge in [-0.25, -0.2) is 0 Å². The summed E-state index contributed by atoms with van der Waals surface area (Å²) in [7, 11) is 1.75. The number of nitrogens with zero attached hydrogens (tertiary/aromatic N) is 2. The Kier molecular flexibility index (Phi) is 5.58. The Morgan fingerprint density at radius 1 is 1.67 bits per heavy atom. The van der Waals surface area contributed by atoms with Crippen molar-refractivity contribution in [2.45, 2.75) is 25.6 Å².